The summed E-state index contributed by atoms with van der Waals surface area (Å²) in [6, 6.07) is 5.38. The fraction of sp³-hybridized carbons (Fsp3) is 0.529. The van der Waals surface area contributed by atoms with Crippen LogP contribution in [0.3, 0.4) is 0 Å². The SMILES string of the molecule is C=C(C)CN1CCC(NCc2ccc(OC(F)F)c(Cl)c2)CC1. The fourth-order valence-corrected chi connectivity index (χ4v) is 3.03. The van der Waals surface area contributed by atoms with E-state index in [1.807, 2.05) is 0 Å². The number of ether oxygens (including phenoxy) is 1. The van der Waals surface area contributed by atoms with Crippen molar-refractivity contribution in [2.24, 2.45) is 0 Å². The number of halogens is 3. The van der Waals surface area contributed by atoms with E-state index in [4.69, 9.17) is 11.6 Å². The molecule has 6 heteroatoms. The van der Waals surface area contributed by atoms with Gasteiger partial charge in [-0.05, 0) is 50.6 Å². The van der Waals surface area contributed by atoms with E-state index in [0.717, 1.165) is 38.0 Å². The van der Waals surface area contributed by atoms with Crippen molar-refractivity contribution in [2.45, 2.75) is 39.0 Å². The van der Waals surface area contributed by atoms with E-state index in [9.17, 15) is 8.78 Å². The van der Waals surface area contributed by atoms with Crippen LogP contribution < -0.4 is 10.1 Å². The van der Waals surface area contributed by atoms with Crippen molar-refractivity contribution in [3.63, 3.8) is 0 Å². The molecule has 0 saturated carbocycles. The van der Waals surface area contributed by atoms with Gasteiger partial charge in [0.25, 0.3) is 0 Å². The molecule has 1 aliphatic heterocycles. The number of hydrogen-bond donors (Lipinski definition) is 1. The number of rotatable bonds is 7. The van der Waals surface area contributed by atoms with Gasteiger partial charge >= 0.3 is 6.61 Å². The van der Waals surface area contributed by atoms with E-state index >= 15 is 0 Å². The molecule has 0 bridgehead atoms. The number of piperidine rings is 1. The van der Waals surface area contributed by atoms with Crippen LogP contribution in [0, 0.1) is 0 Å². The largest absolute Gasteiger partial charge is 0.433 e. The average molecular weight is 345 g/mol. The van der Waals surface area contributed by atoms with Gasteiger partial charge in [-0.25, -0.2) is 0 Å². The third-order valence-electron chi connectivity index (χ3n) is 3.89. The smallest absolute Gasteiger partial charge is 0.387 e. The highest BCUT2D eigenvalue weighted by Crippen LogP contribution is 2.27. The molecule has 0 unspecified atom stereocenters. The second-order valence-electron chi connectivity index (χ2n) is 6.03. The summed E-state index contributed by atoms with van der Waals surface area (Å²) in [5, 5.41) is 3.71. The van der Waals surface area contributed by atoms with Crippen LogP contribution in [0.2, 0.25) is 5.02 Å². The van der Waals surface area contributed by atoms with Crippen LogP contribution in [0.15, 0.2) is 30.4 Å². The summed E-state index contributed by atoms with van der Waals surface area (Å²) >= 11 is 5.96. The molecule has 1 aromatic carbocycles. The van der Waals surface area contributed by atoms with Gasteiger partial charge in [0, 0.05) is 19.1 Å². The molecule has 0 aliphatic carbocycles. The summed E-state index contributed by atoms with van der Waals surface area (Å²) in [7, 11) is 0. The summed E-state index contributed by atoms with van der Waals surface area (Å²) in [6.45, 7) is 6.90. The minimum atomic E-state index is -2.86. The highest BCUT2D eigenvalue weighted by molar-refractivity contribution is 6.32. The Bertz CT molecular complexity index is 531. The molecule has 0 atom stereocenters. The molecule has 1 aromatic rings. The standard InChI is InChI=1S/C17H23ClF2N2O/c1-12(2)11-22-7-5-14(6-8-22)21-10-13-3-4-16(15(18)9-13)23-17(19)20/h3-4,9,14,17,21H,1,5-8,10-11H2,2H3. The average Bonchev–Trinajstić information content (AvgIpc) is 2.48. The molecule has 1 heterocycles. The van der Waals surface area contributed by atoms with Crippen LogP contribution in [0.5, 0.6) is 5.75 Å². The zero-order valence-electron chi connectivity index (χ0n) is 13.3. The van der Waals surface area contributed by atoms with Gasteiger partial charge in [-0.1, -0.05) is 29.8 Å². The van der Waals surface area contributed by atoms with Gasteiger partial charge < -0.3 is 10.1 Å². The number of likely N-dealkylation sites (tertiary alicyclic amines) is 1. The Kier molecular flexibility index (Phi) is 6.81. The monoisotopic (exact) mass is 344 g/mol. The molecule has 3 nitrogen and oxygen atoms in total. The normalized spacial score (nSPS) is 16.7. The third-order valence-corrected chi connectivity index (χ3v) is 4.18. The highest BCUT2D eigenvalue weighted by Gasteiger charge is 2.18. The number of nitrogens with zero attached hydrogens (tertiary/aromatic N) is 1. The first kappa shape index (κ1) is 18.2. The van der Waals surface area contributed by atoms with E-state index < -0.39 is 6.61 Å². The van der Waals surface area contributed by atoms with Crippen LogP contribution in [0.4, 0.5) is 8.78 Å². The lowest BCUT2D eigenvalue weighted by Crippen LogP contribution is -2.42. The number of benzene rings is 1. The van der Waals surface area contributed by atoms with Gasteiger partial charge in [0.1, 0.15) is 5.75 Å². The van der Waals surface area contributed by atoms with Crippen LogP contribution in [-0.2, 0) is 6.54 Å². The minimum Gasteiger partial charge on any atom is -0.433 e. The van der Waals surface area contributed by atoms with Gasteiger partial charge in [-0.2, -0.15) is 8.78 Å². The molecule has 1 aliphatic rings. The maximum absolute atomic E-state index is 12.2. The van der Waals surface area contributed by atoms with Gasteiger partial charge in [0.15, 0.2) is 0 Å². The topological polar surface area (TPSA) is 24.5 Å². The van der Waals surface area contributed by atoms with Crippen LogP contribution >= 0.6 is 11.6 Å². The van der Waals surface area contributed by atoms with Crippen molar-refractivity contribution in [1.82, 2.24) is 10.2 Å². The molecule has 1 N–H and O–H groups in total. The number of hydrogen-bond acceptors (Lipinski definition) is 3. The van der Waals surface area contributed by atoms with Gasteiger partial charge in [-0.3, -0.25) is 4.90 Å². The van der Waals surface area contributed by atoms with Gasteiger partial charge in [0.05, 0.1) is 5.02 Å². The summed E-state index contributed by atoms with van der Waals surface area (Å²) < 4.78 is 28.7. The lowest BCUT2D eigenvalue weighted by Gasteiger charge is -2.32. The van der Waals surface area contributed by atoms with Crippen molar-refractivity contribution in [3.05, 3.63) is 40.9 Å². The first-order chi connectivity index (χ1) is 10.9. The molecule has 1 saturated heterocycles. The summed E-state index contributed by atoms with van der Waals surface area (Å²) in [4.78, 5) is 2.41. The van der Waals surface area contributed by atoms with E-state index in [1.165, 1.54) is 11.6 Å². The molecule has 0 amide bonds. The predicted octanol–water partition coefficient (Wildman–Crippen LogP) is 4.07. The zero-order chi connectivity index (χ0) is 16.8. The molecular weight excluding hydrogens is 322 g/mol. The van der Waals surface area contributed by atoms with E-state index in [0.29, 0.717) is 12.6 Å². The summed E-state index contributed by atoms with van der Waals surface area (Å²) in [6.07, 6.45) is 2.18. The molecule has 0 aromatic heterocycles. The highest BCUT2D eigenvalue weighted by atomic mass is 35.5. The predicted molar refractivity (Wildman–Crippen MR) is 89.2 cm³/mol. The lowest BCUT2D eigenvalue weighted by molar-refractivity contribution is -0.0497. The molecule has 2 rings (SSSR count). The van der Waals surface area contributed by atoms with E-state index in [2.05, 4.69) is 28.5 Å². The van der Waals surface area contributed by atoms with Crippen LogP contribution in [0.1, 0.15) is 25.3 Å². The molecule has 128 valence electrons. The summed E-state index contributed by atoms with van der Waals surface area (Å²) in [5.74, 6) is 0.0125. The Morgan fingerprint density at radius 3 is 2.70 bits per heavy atom. The Morgan fingerprint density at radius 2 is 2.13 bits per heavy atom. The summed E-state index contributed by atoms with van der Waals surface area (Å²) in [5.41, 5.74) is 2.15. The minimum absolute atomic E-state index is 0.0125. The number of nitrogens with one attached hydrogen (secondary N) is 1. The lowest BCUT2D eigenvalue weighted by atomic mass is 10.0. The van der Waals surface area contributed by atoms with E-state index in [-0.39, 0.29) is 10.8 Å². The maximum Gasteiger partial charge on any atom is 0.387 e. The first-order valence-corrected chi connectivity index (χ1v) is 8.15. The van der Waals surface area contributed by atoms with Crippen LogP contribution in [0.25, 0.3) is 0 Å². The molecule has 0 radical (unpaired) electrons. The molecule has 1 fully saturated rings. The van der Waals surface area contributed by atoms with Crippen molar-refractivity contribution in [2.75, 3.05) is 19.6 Å². The third kappa shape index (κ3) is 6.09. The molecule has 23 heavy (non-hydrogen) atoms. The van der Waals surface area contributed by atoms with Crippen molar-refractivity contribution >= 4 is 11.6 Å². The quantitative estimate of drug-likeness (QED) is 0.754. The molecular formula is C17H23ClF2N2O. The van der Waals surface area contributed by atoms with Gasteiger partial charge in [-0.15, -0.1) is 0 Å². The fourth-order valence-electron chi connectivity index (χ4n) is 2.78. The van der Waals surface area contributed by atoms with Gasteiger partial charge in [0.2, 0.25) is 0 Å². The van der Waals surface area contributed by atoms with Crippen molar-refractivity contribution in [1.29, 1.82) is 0 Å². The Balaban J connectivity index is 1.78. The maximum atomic E-state index is 12.2. The van der Waals surface area contributed by atoms with Crippen LogP contribution in [-0.4, -0.2) is 37.2 Å². The second kappa shape index (κ2) is 8.62. The molecule has 0 spiro atoms. The Labute approximate surface area is 141 Å². The number of alkyl halides is 2. The zero-order valence-corrected chi connectivity index (χ0v) is 14.1. The first-order valence-electron chi connectivity index (χ1n) is 7.77. The Morgan fingerprint density at radius 1 is 1.43 bits per heavy atom. The van der Waals surface area contributed by atoms with E-state index in [1.54, 1.807) is 12.1 Å². The van der Waals surface area contributed by atoms with Crippen molar-refractivity contribution in [3.8, 4) is 5.75 Å². The second-order valence-corrected chi connectivity index (χ2v) is 6.44. The van der Waals surface area contributed by atoms with Crippen molar-refractivity contribution < 1.29 is 13.5 Å². The Hall–Kier alpha value is -1.17.